The van der Waals surface area contributed by atoms with Crippen LogP contribution in [0.1, 0.15) is 58.6 Å². The minimum absolute atomic E-state index is 0.0531. The van der Waals surface area contributed by atoms with Crippen molar-refractivity contribution in [2.45, 2.75) is 53.1 Å². The average molecular weight is 291 g/mol. The van der Waals surface area contributed by atoms with Crippen LogP contribution in [0.25, 0.3) is 0 Å². The Morgan fingerprint density at radius 1 is 1.19 bits per heavy atom. The molecule has 0 aromatic heterocycles. The molecule has 0 saturated carbocycles. The zero-order valence-corrected chi connectivity index (χ0v) is 13.8. The fourth-order valence-electron chi connectivity index (χ4n) is 2.78. The first-order valence-corrected chi connectivity index (χ1v) is 8.03. The average Bonchev–Trinajstić information content (AvgIpc) is 2.53. The van der Waals surface area contributed by atoms with Gasteiger partial charge in [-0.05, 0) is 32.8 Å². The molecule has 118 valence electrons. The summed E-state index contributed by atoms with van der Waals surface area (Å²) in [6, 6.07) is 9.52. The van der Waals surface area contributed by atoms with E-state index in [0.717, 1.165) is 18.4 Å². The molecule has 3 nitrogen and oxygen atoms in total. The molecule has 1 N–H and O–H groups in total. The van der Waals surface area contributed by atoms with Crippen LogP contribution in [-0.4, -0.2) is 29.0 Å². The van der Waals surface area contributed by atoms with Gasteiger partial charge in [-0.15, -0.1) is 0 Å². The quantitative estimate of drug-likeness (QED) is 0.791. The normalized spacial score (nSPS) is 15.3. The molecule has 1 aromatic rings. The Kier molecular flexibility index (Phi) is 6.90. The first-order valence-electron chi connectivity index (χ1n) is 8.03. The fourth-order valence-corrected chi connectivity index (χ4v) is 2.78. The van der Waals surface area contributed by atoms with Gasteiger partial charge in [0.2, 0.25) is 5.91 Å². The van der Waals surface area contributed by atoms with E-state index in [9.17, 15) is 9.90 Å². The third kappa shape index (κ3) is 4.07. The molecule has 3 heteroatoms. The topological polar surface area (TPSA) is 40.5 Å². The highest BCUT2D eigenvalue weighted by Gasteiger charge is 2.42. The van der Waals surface area contributed by atoms with E-state index in [1.165, 1.54) is 0 Å². The molecular weight excluding hydrogens is 262 g/mol. The van der Waals surface area contributed by atoms with Gasteiger partial charge in [0.05, 0.1) is 11.5 Å². The molecule has 0 fully saturated rings. The molecule has 2 atom stereocenters. The minimum Gasteiger partial charge on any atom is -0.387 e. The second-order valence-electron chi connectivity index (χ2n) is 5.81. The number of hydrogen-bond acceptors (Lipinski definition) is 2. The predicted molar refractivity (Wildman–Crippen MR) is 87.0 cm³/mol. The van der Waals surface area contributed by atoms with Crippen molar-refractivity contribution in [3.05, 3.63) is 35.9 Å². The summed E-state index contributed by atoms with van der Waals surface area (Å²) in [6.45, 7) is 9.34. The number of carbonyl (C=O) groups is 1. The summed E-state index contributed by atoms with van der Waals surface area (Å²) in [5.74, 6) is 0.0531. The molecule has 1 amide bonds. The van der Waals surface area contributed by atoms with Crippen LogP contribution in [-0.2, 0) is 4.79 Å². The molecule has 0 radical (unpaired) electrons. The molecule has 1 aromatic carbocycles. The molecular formula is C18H29NO2. The largest absolute Gasteiger partial charge is 0.387 e. The van der Waals surface area contributed by atoms with E-state index in [4.69, 9.17) is 0 Å². The molecule has 0 saturated heterocycles. The molecule has 0 heterocycles. The van der Waals surface area contributed by atoms with Gasteiger partial charge in [-0.3, -0.25) is 4.79 Å². The zero-order chi connectivity index (χ0) is 15.9. The van der Waals surface area contributed by atoms with Crippen molar-refractivity contribution in [1.82, 2.24) is 4.90 Å². The van der Waals surface area contributed by atoms with E-state index < -0.39 is 11.5 Å². The fraction of sp³-hybridized carbons (Fsp3) is 0.611. The zero-order valence-electron chi connectivity index (χ0n) is 13.8. The Bertz CT molecular complexity index is 428. The van der Waals surface area contributed by atoms with Crippen molar-refractivity contribution in [1.29, 1.82) is 0 Å². The lowest BCUT2D eigenvalue weighted by Crippen LogP contribution is -2.45. The Labute approximate surface area is 129 Å². The van der Waals surface area contributed by atoms with Gasteiger partial charge in [-0.25, -0.2) is 0 Å². The van der Waals surface area contributed by atoms with Crippen LogP contribution in [0.15, 0.2) is 30.3 Å². The van der Waals surface area contributed by atoms with Crippen LogP contribution in [0, 0.1) is 5.41 Å². The van der Waals surface area contributed by atoms with Gasteiger partial charge in [-0.1, -0.05) is 50.1 Å². The highest BCUT2D eigenvalue weighted by molar-refractivity contribution is 5.83. The molecule has 0 aliphatic rings. The van der Waals surface area contributed by atoms with Crippen LogP contribution >= 0.6 is 0 Å². The number of hydrogen-bond donors (Lipinski definition) is 1. The van der Waals surface area contributed by atoms with Gasteiger partial charge in [0.25, 0.3) is 0 Å². The number of benzene rings is 1. The summed E-state index contributed by atoms with van der Waals surface area (Å²) >= 11 is 0. The molecule has 0 bridgehead atoms. The van der Waals surface area contributed by atoms with Crippen LogP contribution in [0.3, 0.4) is 0 Å². The third-order valence-electron chi connectivity index (χ3n) is 4.31. The number of carbonyl (C=O) groups excluding carboxylic acids is 1. The highest BCUT2D eigenvalue weighted by Crippen LogP contribution is 2.40. The molecule has 0 spiro atoms. The van der Waals surface area contributed by atoms with Gasteiger partial charge in [0.15, 0.2) is 0 Å². The lowest BCUT2D eigenvalue weighted by atomic mass is 9.75. The van der Waals surface area contributed by atoms with Crippen molar-refractivity contribution < 1.29 is 9.90 Å². The summed E-state index contributed by atoms with van der Waals surface area (Å²) in [6.07, 6.45) is 1.89. The summed E-state index contributed by atoms with van der Waals surface area (Å²) in [7, 11) is 0. The van der Waals surface area contributed by atoms with Crippen LogP contribution in [0.2, 0.25) is 0 Å². The number of nitrogens with zero attached hydrogens (tertiary/aromatic N) is 1. The van der Waals surface area contributed by atoms with Gasteiger partial charge in [0.1, 0.15) is 0 Å². The van der Waals surface area contributed by atoms with Crippen LogP contribution < -0.4 is 0 Å². The van der Waals surface area contributed by atoms with E-state index >= 15 is 0 Å². The number of aliphatic hydroxyl groups excluding tert-OH is 1. The second kappa shape index (κ2) is 8.18. The smallest absolute Gasteiger partial charge is 0.231 e. The van der Waals surface area contributed by atoms with E-state index in [0.29, 0.717) is 19.5 Å². The molecule has 2 unspecified atom stereocenters. The monoisotopic (exact) mass is 291 g/mol. The van der Waals surface area contributed by atoms with Crippen LogP contribution in [0.5, 0.6) is 0 Å². The van der Waals surface area contributed by atoms with Crippen molar-refractivity contribution >= 4 is 5.91 Å². The van der Waals surface area contributed by atoms with Crippen molar-refractivity contribution in [2.24, 2.45) is 5.41 Å². The minimum atomic E-state index is -0.765. The lowest BCUT2D eigenvalue weighted by Gasteiger charge is -2.37. The van der Waals surface area contributed by atoms with E-state index in [-0.39, 0.29) is 5.91 Å². The van der Waals surface area contributed by atoms with Gasteiger partial charge in [0, 0.05) is 13.1 Å². The van der Waals surface area contributed by atoms with Gasteiger partial charge in [-0.2, -0.15) is 0 Å². The molecule has 0 aliphatic heterocycles. The Balaban J connectivity index is 3.10. The lowest BCUT2D eigenvalue weighted by molar-refractivity contribution is -0.149. The third-order valence-corrected chi connectivity index (χ3v) is 4.31. The summed E-state index contributed by atoms with van der Waals surface area (Å²) < 4.78 is 0. The highest BCUT2D eigenvalue weighted by atomic mass is 16.3. The summed E-state index contributed by atoms with van der Waals surface area (Å²) in [5.41, 5.74) is 0.0558. The Hall–Kier alpha value is -1.35. The standard InChI is InChI=1S/C18H29NO2/c1-5-8-14-18(4,17(21)19(6-2)7-3)16(20)15-12-10-9-11-13-15/h9-13,16,20H,5-8,14H2,1-4H3. The first kappa shape index (κ1) is 17.7. The second-order valence-corrected chi connectivity index (χ2v) is 5.81. The number of aliphatic hydroxyl groups is 1. The van der Waals surface area contributed by atoms with E-state index in [1.54, 1.807) is 0 Å². The molecule has 21 heavy (non-hydrogen) atoms. The maximum Gasteiger partial charge on any atom is 0.231 e. The molecule has 0 aliphatic carbocycles. The van der Waals surface area contributed by atoms with Crippen molar-refractivity contribution in [2.75, 3.05) is 13.1 Å². The number of rotatable bonds is 8. The van der Waals surface area contributed by atoms with E-state index in [1.807, 2.05) is 56.0 Å². The van der Waals surface area contributed by atoms with Crippen LogP contribution in [0.4, 0.5) is 0 Å². The van der Waals surface area contributed by atoms with Crippen molar-refractivity contribution in [3.8, 4) is 0 Å². The van der Waals surface area contributed by atoms with Crippen molar-refractivity contribution in [3.63, 3.8) is 0 Å². The van der Waals surface area contributed by atoms with Gasteiger partial charge >= 0.3 is 0 Å². The SMILES string of the molecule is CCCCC(C)(C(=O)N(CC)CC)C(O)c1ccccc1. The maximum atomic E-state index is 12.9. The Morgan fingerprint density at radius 3 is 2.24 bits per heavy atom. The Morgan fingerprint density at radius 2 is 1.76 bits per heavy atom. The predicted octanol–water partition coefficient (Wildman–Crippen LogP) is 3.78. The van der Waals surface area contributed by atoms with E-state index in [2.05, 4.69) is 6.92 Å². The first-order chi connectivity index (χ1) is 10.0. The molecule has 1 rings (SSSR count). The maximum absolute atomic E-state index is 12.9. The number of unbranched alkanes of at least 4 members (excludes halogenated alkanes) is 1. The van der Waals surface area contributed by atoms with Gasteiger partial charge < -0.3 is 10.0 Å². The number of amides is 1. The summed E-state index contributed by atoms with van der Waals surface area (Å²) in [4.78, 5) is 14.7. The summed E-state index contributed by atoms with van der Waals surface area (Å²) in [5, 5.41) is 10.8.